The van der Waals surface area contributed by atoms with Crippen molar-refractivity contribution in [3.8, 4) is 0 Å². The van der Waals surface area contributed by atoms with Crippen LogP contribution in [0.25, 0.3) is 0 Å². The van der Waals surface area contributed by atoms with Crippen LogP contribution in [0.4, 0.5) is 0 Å². The van der Waals surface area contributed by atoms with Crippen LogP contribution in [0.15, 0.2) is 0 Å². The number of nitrogens with two attached hydrogens (primary N) is 1. The molecule has 3 nitrogen and oxygen atoms in total. The first-order chi connectivity index (χ1) is 8.25. The van der Waals surface area contributed by atoms with E-state index < -0.39 is 0 Å². The lowest BCUT2D eigenvalue weighted by atomic mass is 9.84. The molecule has 1 saturated heterocycles. The van der Waals surface area contributed by atoms with Gasteiger partial charge in [0.15, 0.2) is 0 Å². The Morgan fingerprint density at radius 1 is 1.11 bits per heavy atom. The quantitative estimate of drug-likeness (QED) is 0.815. The smallest absolute Gasteiger partial charge is 0.225 e. The van der Waals surface area contributed by atoms with Gasteiger partial charge in [-0.1, -0.05) is 0 Å². The van der Waals surface area contributed by atoms with Crippen molar-refractivity contribution in [1.29, 1.82) is 0 Å². The van der Waals surface area contributed by atoms with Crippen molar-refractivity contribution >= 4 is 30.1 Å². The lowest BCUT2D eigenvalue weighted by Gasteiger charge is -2.30. The summed E-state index contributed by atoms with van der Waals surface area (Å²) in [6.07, 6.45) is 5.92. The molecular formula is C13H23ClN2OS. The van der Waals surface area contributed by atoms with Gasteiger partial charge in [0, 0.05) is 12.1 Å². The number of thioether (sulfide) groups is 1. The second kappa shape index (κ2) is 6.02. The second-order valence-electron chi connectivity index (χ2n) is 5.83. The molecular weight excluding hydrogens is 268 g/mol. The lowest BCUT2D eigenvalue weighted by molar-refractivity contribution is -0.127. The number of hydrogen-bond donors (Lipinski definition) is 2. The van der Waals surface area contributed by atoms with Gasteiger partial charge in [0.25, 0.3) is 0 Å². The molecule has 0 aromatic carbocycles. The first-order valence-electron chi connectivity index (χ1n) is 6.89. The minimum atomic E-state index is 0. The zero-order chi connectivity index (χ0) is 11.8. The van der Waals surface area contributed by atoms with Gasteiger partial charge in [-0.25, -0.2) is 0 Å². The molecule has 2 aliphatic carbocycles. The molecule has 5 heteroatoms. The van der Waals surface area contributed by atoms with E-state index in [1.807, 2.05) is 11.8 Å². The van der Waals surface area contributed by atoms with E-state index in [4.69, 9.17) is 5.73 Å². The Bertz CT molecular complexity index is 307. The molecule has 104 valence electrons. The molecule has 4 unspecified atom stereocenters. The maximum Gasteiger partial charge on any atom is 0.225 e. The van der Waals surface area contributed by atoms with Crippen LogP contribution in [0.2, 0.25) is 0 Å². The number of halogens is 1. The largest absolute Gasteiger partial charge is 0.353 e. The predicted octanol–water partition coefficient (Wildman–Crippen LogP) is 1.79. The standard InChI is InChI=1S/C13H22N2OS.ClH/c14-12-9-2-1-8(7-9)11(12)13(16)15-10-3-5-17-6-4-10;/h8-12H,1-7,14H2,(H,15,16);1H. The highest BCUT2D eigenvalue weighted by molar-refractivity contribution is 7.99. The number of carbonyl (C=O) groups is 1. The summed E-state index contributed by atoms with van der Waals surface area (Å²) in [6, 6.07) is 0.543. The van der Waals surface area contributed by atoms with Crippen molar-refractivity contribution in [2.75, 3.05) is 11.5 Å². The van der Waals surface area contributed by atoms with Crippen molar-refractivity contribution in [1.82, 2.24) is 5.32 Å². The van der Waals surface area contributed by atoms with E-state index in [0.717, 1.165) is 12.8 Å². The molecule has 18 heavy (non-hydrogen) atoms. The Kier molecular flexibility index (Phi) is 4.84. The van der Waals surface area contributed by atoms with E-state index in [9.17, 15) is 4.79 Å². The Morgan fingerprint density at radius 2 is 1.78 bits per heavy atom. The number of nitrogens with one attached hydrogen (secondary N) is 1. The van der Waals surface area contributed by atoms with Crippen LogP contribution in [0.5, 0.6) is 0 Å². The maximum atomic E-state index is 12.3. The van der Waals surface area contributed by atoms with Gasteiger partial charge >= 0.3 is 0 Å². The third-order valence-electron chi connectivity index (χ3n) is 4.85. The van der Waals surface area contributed by atoms with Crippen LogP contribution in [-0.2, 0) is 4.79 Å². The first-order valence-corrected chi connectivity index (χ1v) is 8.05. The van der Waals surface area contributed by atoms with Crippen LogP contribution in [0.1, 0.15) is 32.1 Å². The van der Waals surface area contributed by atoms with Gasteiger partial charge in [-0.2, -0.15) is 11.8 Å². The van der Waals surface area contributed by atoms with Crippen molar-refractivity contribution in [2.45, 2.75) is 44.2 Å². The van der Waals surface area contributed by atoms with Gasteiger partial charge in [0.05, 0.1) is 5.92 Å². The molecule has 1 aliphatic heterocycles. The lowest BCUT2D eigenvalue weighted by Crippen LogP contribution is -2.48. The van der Waals surface area contributed by atoms with Crippen LogP contribution < -0.4 is 11.1 Å². The first kappa shape index (κ1) is 14.5. The molecule has 0 radical (unpaired) electrons. The Hall–Kier alpha value is 0.0700. The molecule has 3 rings (SSSR count). The average Bonchev–Trinajstić information content (AvgIpc) is 2.90. The molecule has 1 amide bonds. The van der Waals surface area contributed by atoms with Crippen LogP contribution in [0, 0.1) is 17.8 Å². The van der Waals surface area contributed by atoms with Crippen molar-refractivity contribution < 1.29 is 4.79 Å². The predicted molar refractivity (Wildman–Crippen MR) is 78.0 cm³/mol. The Morgan fingerprint density at radius 3 is 2.39 bits per heavy atom. The van der Waals surface area contributed by atoms with Crippen molar-refractivity contribution in [3.63, 3.8) is 0 Å². The number of rotatable bonds is 2. The summed E-state index contributed by atoms with van der Waals surface area (Å²) in [7, 11) is 0. The Balaban J connectivity index is 0.00000120. The highest BCUT2D eigenvalue weighted by atomic mass is 35.5. The average molecular weight is 291 g/mol. The van der Waals surface area contributed by atoms with E-state index >= 15 is 0 Å². The fourth-order valence-corrected chi connectivity index (χ4v) is 4.97. The van der Waals surface area contributed by atoms with Crippen molar-refractivity contribution in [3.05, 3.63) is 0 Å². The molecule has 2 saturated carbocycles. The van der Waals surface area contributed by atoms with Crippen molar-refractivity contribution in [2.24, 2.45) is 23.5 Å². The Labute approximate surface area is 119 Å². The molecule has 3 aliphatic rings. The van der Waals surface area contributed by atoms with Gasteiger partial charge in [0.2, 0.25) is 5.91 Å². The molecule has 1 heterocycles. The summed E-state index contributed by atoms with van der Waals surface area (Å²) in [6.45, 7) is 0. The van der Waals surface area contributed by atoms with E-state index in [1.165, 1.54) is 30.8 Å². The van der Waals surface area contributed by atoms with E-state index in [1.54, 1.807) is 0 Å². The van der Waals surface area contributed by atoms with Crippen LogP contribution in [-0.4, -0.2) is 29.5 Å². The summed E-state index contributed by atoms with van der Waals surface area (Å²) in [5.41, 5.74) is 6.21. The second-order valence-corrected chi connectivity index (χ2v) is 7.06. The van der Waals surface area contributed by atoms with Gasteiger partial charge in [-0.05, 0) is 55.4 Å². The minimum absolute atomic E-state index is 0. The van der Waals surface area contributed by atoms with Gasteiger partial charge < -0.3 is 11.1 Å². The van der Waals surface area contributed by atoms with Gasteiger partial charge in [-0.3, -0.25) is 4.79 Å². The third kappa shape index (κ3) is 2.66. The van der Waals surface area contributed by atoms with E-state index in [0.29, 0.717) is 17.9 Å². The summed E-state index contributed by atoms with van der Waals surface area (Å²) in [5, 5.41) is 3.24. The monoisotopic (exact) mass is 290 g/mol. The molecule has 4 atom stereocenters. The summed E-state index contributed by atoms with van der Waals surface area (Å²) in [4.78, 5) is 12.3. The number of carbonyl (C=O) groups excluding carboxylic acids is 1. The highest BCUT2D eigenvalue weighted by Gasteiger charge is 2.49. The SMILES string of the molecule is Cl.NC1C2CCC(C2)C1C(=O)NC1CCSCC1. The molecule has 0 aromatic heterocycles. The fourth-order valence-electron chi connectivity index (χ4n) is 3.86. The fraction of sp³-hybridized carbons (Fsp3) is 0.923. The molecule has 2 bridgehead atoms. The molecule has 3 fully saturated rings. The number of amides is 1. The maximum absolute atomic E-state index is 12.3. The van der Waals surface area contributed by atoms with E-state index in [2.05, 4.69) is 5.32 Å². The van der Waals surface area contributed by atoms with Crippen LogP contribution >= 0.6 is 24.2 Å². The highest BCUT2D eigenvalue weighted by Crippen LogP contribution is 2.47. The summed E-state index contributed by atoms with van der Waals surface area (Å²) in [5.74, 6) is 3.94. The normalized spacial score (nSPS) is 39.4. The summed E-state index contributed by atoms with van der Waals surface area (Å²) < 4.78 is 0. The molecule has 0 spiro atoms. The number of fused-ring (bicyclic) bond motifs is 2. The van der Waals surface area contributed by atoms with Gasteiger partial charge in [0.1, 0.15) is 0 Å². The van der Waals surface area contributed by atoms with Crippen LogP contribution in [0.3, 0.4) is 0 Å². The topological polar surface area (TPSA) is 55.1 Å². The minimum Gasteiger partial charge on any atom is -0.353 e. The molecule has 3 N–H and O–H groups in total. The molecule has 0 aromatic rings. The summed E-state index contributed by atoms with van der Waals surface area (Å²) >= 11 is 1.99. The third-order valence-corrected chi connectivity index (χ3v) is 5.90. The zero-order valence-electron chi connectivity index (χ0n) is 10.6. The number of hydrogen-bond acceptors (Lipinski definition) is 3. The zero-order valence-corrected chi connectivity index (χ0v) is 12.3. The van der Waals surface area contributed by atoms with E-state index in [-0.39, 0.29) is 30.3 Å². The van der Waals surface area contributed by atoms with Gasteiger partial charge in [-0.15, -0.1) is 12.4 Å².